The van der Waals surface area contributed by atoms with E-state index in [1.807, 2.05) is 24.4 Å². The second kappa shape index (κ2) is 11.2. The molecular weight excluding hydrogens is 473 g/mol. The molecule has 7 nitrogen and oxygen atoms in total. The molecule has 4 aromatic rings. The van der Waals surface area contributed by atoms with E-state index in [4.69, 9.17) is 21.3 Å². The van der Waals surface area contributed by atoms with Crippen molar-refractivity contribution in [1.29, 1.82) is 0 Å². The van der Waals surface area contributed by atoms with Crippen LogP contribution in [0.25, 0.3) is 22.3 Å². The number of anilines is 2. The fourth-order valence-corrected chi connectivity index (χ4v) is 3.84. The van der Waals surface area contributed by atoms with E-state index in [-0.39, 0.29) is 18.3 Å². The third-order valence-electron chi connectivity index (χ3n) is 5.01. The number of hydrogen-bond acceptors (Lipinski definition) is 5. The van der Waals surface area contributed by atoms with Crippen molar-refractivity contribution in [2.75, 3.05) is 23.8 Å². The van der Waals surface area contributed by atoms with Gasteiger partial charge in [-0.3, -0.25) is 4.79 Å². The van der Waals surface area contributed by atoms with Crippen molar-refractivity contribution in [3.05, 3.63) is 71.6 Å². The number of carbonyl (C=O) groups is 1. The first kappa shape index (κ1) is 23.9. The zero-order valence-corrected chi connectivity index (χ0v) is 20.3. The first-order chi connectivity index (χ1) is 16.5. The van der Waals surface area contributed by atoms with Crippen LogP contribution in [0.15, 0.2) is 60.8 Å². The maximum absolute atomic E-state index is 13.0. The van der Waals surface area contributed by atoms with Crippen LogP contribution in [0.2, 0.25) is 17.6 Å². The minimum atomic E-state index is -0.336. The number of ether oxygens (including phenoxy) is 1. The molecule has 0 atom stereocenters. The molecule has 2 aromatic carbocycles. The van der Waals surface area contributed by atoms with Crippen molar-refractivity contribution in [2.45, 2.75) is 19.3 Å². The molecule has 2 N–H and O–H groups in total. The van der Waals surface area contributed by atoms with Crippen molar-refractivity contribution >= 4 is 49.3 Å². The molecule has 0 fully saturated rings. The van der Waals surface area contributed by atoms with Gasteiger partial charge in [-0.05, 0) is 60.6 Å². The lowest BCUT2D eigenvalue weighted by atomic mass is 10.1. The Morgan fingerprint density at radius 3 is 2.74 bits per heavy atom. The van der Waals surface area contributed by atoms with Crippen molar-refractivity contribution < 1.29 is 13.9 Å². The summed E-state index contributed by atoms with van der Waals surface area (Å²) in [4.78, 5) is 17.2. The lowest BCUT2D eigenvalue weighted by Gasteiger charge is -2.12. The summed E-state index contributed by atoms with van der Waals surface area (Å²) in [6.45, 7) is 3.26. The van der Waals surface area contributed by atoms with E-state index in [1.54, 1.807) is 28.9 Å². The molecule has 0 bridgehead atoms. The van der Waals surface area contributed by atoms with Crippen LogP contribution in [0, 0.1) is 5.82 Å². The molecule has 0 aliphatic heterocycles. The third-order valence-corrected chi connectivity index (χ3v) is 6.02. The normalized spacial score (nSPS) is 11.0. The van der Waals surface area contributed by atoms with Crippen LogP contribution in [0.3, 0.4) is 0 Å². The smallest absolute Gasteiger partial charge is 0.243 e. The zero-order chi connectivity index (χ0) is 23.9. The number of aromatic nitrogens is 3. The van der Waals surface area contributed by atoms with Gasteiger partial charge in [-0.25, -0.2) is 14.1 Å². The summed E-state index contributed by atoms with van der Waals surface area (Å²) in [5, 5.41) is 11.5. The number of nitrogens with one attached hydrogen (secondary N) is 2. The molecule has 0 unspecified atom stereocenters. The van der Waals surface area contributed by atoms with Crippen molar-refractivity contribution in [2.24, 2.45) is 0 Å². The fourth-order valence-electron chi connectivity index (χ4n) is 3.28. The van der Waals surface area contributed by atoms with Gasteiger partial charge >= 0.3 is 0 Å². The number of pyridine rings is 1. The molecular formula is C24H23ClFN5O2Si. The van der Waals surface area contributed by atoms with Gasteiger partial charge in [0.1, 0.15) is 18.2 Å². The monoisotopic (exact) mass is 495 g/mol. The standard InChI is InChI=1S/C24H23ClFN5O2Si/c1-34-13-12-33-15-31-11-10-22(30-31)21-8-6-18-20(28-21)9-7-19(25)24(18)29-23(32)14-27-17-4-2-16(26)3-5-17/h2-11,27H,12-15H2,1H3,(H,29,32). The Labute approximate surface area is 204 Å². The van der Waals surface area contributed by atoms with Crippen molar-refractivity contribution in [3.8, 4) is 11.4 Å². The largest absolute Gasteiger partial charge is 0.376 e. The van der Waals surface area contributed by atoms with Crippen LogP contribution < -0.4 is 10.6 Å². The molecule has 0 saturated heterocycles. The van der Waals surface area contributed by atoms with Gasteiger partial charge < -0.3 is 15.4 Å². The van der Waals surface area contributed by atoms with Crippen LogP contribution in [-0.2, 0) is 16.3 Å². The number of rotatable bonds is 10. The van der Waals surface area contributed by atoms with Gasteiger partial charge in [-0.15, -0.1) is 0 Å². The first-order valence-electron chi connectivity index (χ1n) is 10.7. The van der Waals surface area contributed by atoms with Gasteiger partial charge in [0.25, 0.3) is 0 Å². The summed E-state index contributed by atoms with van der Waals surface area (Å²) in [7, 11) is 0.871. The molecule has 34 heavy (non-hydrogen) atoms. The fraction of sp³-hybridized carbons (Fsp3) is 0.208. The van der Waals surface area contributed by atoms with Gasteiger partial charge in [-0.2, -0.15) is 5.10 Å². The topological polar surface area (TPSA) is 81.1 Å². The van der Waals surface area contributed by atoms with E-state index >= 15 is 0 Å². The van der Waals surface area contributed by atoms with Gasteiger partial charge in [-0.1, -0.05) is 18.1 Å². The molecule has 2 aromatic heterocycles. The summed E-state index contributed by atoms with van der Waals surface area (Å²) < 4.78 is 20.4. The maximum Gasteiger partial charge on any atom is 0.243 e. The molecule has 0 spiro atoms. The first-order valence-corrected chi connectivity index (χ1v) is 12.8. The number of fused-ring (bicyclic) bond motifs is 1. The molecule has 2 radical (unpaired) electrons. The lowest BCUT2D eigenvalue weighted by Crippen LogP contribution is -2.22. The summed E-state index contributed by atoms with van der Waals surface area (Å²) in [6, 6.07) is 15.9. The molecule has 2 heterocycles. The Balaban J connectivity index is 1.46. The highest BCUT2D eigenvalue weighted by Gasteiger charge is 2.13. The quantitative estimate of drug-likeness (QED) is 0.237. The highest BCUT2D eigenvalue weighted by atomic mass is 35.5. The average Bonchev–Trinajstić information content (AvgIpc) is 3.32. The summed E-state index contributed by atoms with van der Waals surface area (Å²) in [6.07, 6.45) is 1.86. The third kappa shape index (κ3) is 5.99. The number of benzene rings is 2. The Kier molecular flexibility index (Phi) is 7.89. The van der Waals surface area contributed by atoms with E-state index in [2.05, 4.69) is 22.3 Å². The van der Waals surface area contributed by atoms with Crippen LogP contribution in [0.5, 0.6) is 0 Å². The van der Waals surface area contributed by atoms with E-state index < -0.39 is 0 Å². The second-order valence-electron chi connectivity index (χ2n) is 7.48. The van der Waals surface area contributed by atoms with E-state index in [0.29, 0.717) is 40.9 Å². The van der Waals surface area contributed by atoms with Crippen LogP contribution in [0.1, 0.15) is 0 Å². The molecule has 0 saturated carbocycles. The maximum atomic E-state index is 13.0. The highest BCUT2D eigenvalue weighted by molar-refractivity contribution is 6.35. The highest BCUT2D eigenvalue weighted by Crippen LogP contribution is 2.32. The number of nitrogens with zero attached hydrogens (tertiary/aromatic N) is 3. The van der Waals surface area contributed by atoms with Crippen molar-refractivity contribution in [3.63, 3.8) is 0 Å². The predicted molar refractivity (Wildman–Crippen MR) is 134 cm³/mol. The Hall–Kier alpha value is -3.27. The van der Waals surface area contributed by atoms with Gasteiger partial charge in [0.2, 0.25) is 5.91 Å². The summed E-state index contributed by atoms with van der Waals surface area (Å²) >= 11 is 6.38. The number of amides is 1. The number of carbonyl (C=O) groups excluding carboxylic acids is 1. The van der Waals surface area contributed by atoms with Crippen molar-refractivity contribution in [1.82, 2.24) is 14.8 Å². The molecule has 4 rings (SSSR count). The Morgan fingerprint density at radius 2 is 1.94 bits per heavy atom. The molecule has 0 aliphatic rings. The van der Waals surface area contributed by atoms with Crippen LogP contribution in [0.4, 0.5) is 15.8 Å². The van der Waals surface area contributed by atoms with Gasteiger partial charge in [0.15, 0.2) is 0 Å². The molecule has 174 valence electrons. The van der Waals surface area contributed by atoms with Crippen LogP contribution >= 0.6 is 11.6 Å². The lowest BCUT2D eigenvalue weighted by molar-refractivity contribution is -0.114. The van der Waals surface area contributed by atoms with E-state index in [1.165, 1.54) is 12.1 Å². The van der Waals surface area contributed by atoms with E-state index in [0.717, 1.165) is 26.6 Å². The Bertz CT molecular complexity index is 1280. The summed E-state index contributed by atoms with van der Waals surface area (Å²) in [5.41, 5.74) is 3.24. The summed E-state index contributed by atoms with van der Waals surface area (Å²) in [5.74, 6) is -0.623. The number of hydrogen-bond donors (Lipinski definition) is 2. The predicted octanol–water partition coefficient (Wildman–Crippen LogP) is 5.09. The average molecular weight is 496 g/mol. The molecule has 0 aliphatic carbocycles. The van der Waals surface area contributed by atoms with Crippen LogP contribution in [-0.4, -0.2) is 43.3 Å². The minimum Gasteiger partial charge on any atom is -0.376 e. The number of halogens is 2. The second-order valence-corrected chi connectivity index (χ2v) is 9.09. The van der Waals surface area contributed by atoms with E-state index in [9.17, 15) is 9.18 Å². The zero-order valence-electron chi connectivity index (χ0n) is 18.5. The van der Waals surface area contributed by atoms with Gasteiger partial charge in [0, 0.05) is 33.4 Å². The molecule has 10 heteroatoms. The van der Waals surface area contributed by atoms with Gasteiger partial charge in [0.05, 0.1) is 28.5 Å². The SMILES string of the molecule is C[Si]CCOCn1ccc(-c2ccc3c(NC(=O)CNc4ccc(F)cc4)c(Cl)ccc3n2)n1. The minimum absolute atomic E-state index is 0.00204. The molecule has 1 amide bonds. The Morgan fingerprint density at radius 1 is 1.12 bits per heavy atom.